The third-order valence-electron chi connectivity index (χ3n) is 3.16. The highest BCUT2D eigenvalue weighted by Gasteiger charge is 2.20. The molecule has 6 nitrogen and oxygen atoms in total. The molecule has 1 rings (SSSR count). The van der Waals surface area contributed by atoms with Crippen LogP contribution in [0.15, 0.2) is 23.1 Å². The summed E-state index contributed by atoms with van der Waals surface area (Å²) in [5.74, 6) is -2.55. The second-order valence-corrected chi connectivity index (χ2v) is 6.35. The van der Waals surface area contributed by atoms with Crippen LogP contribution in [0.5, 0.6) is 0 Å². The third kappa shape index (κ3) is 4.76. The van der Waals surface area contributed by atoms with Crippen LogP contribution in [-0.4, -0.2) is 37.8 Å². The Morgan fingerprint density at radius 2 is 2.10 bits per heavy atom. The summed E-state index contributed by atoms with van der Waals surface area (Å²) in [6, 6.07) is 2.60. The molecule has 3 N–H and O–H groups in total. The number of aliphatic hydroxyl groups is 1. The second-order valence-electron chi connectivity index (χ2n) is 4.59. The number of hydrogen-bond acceptors (Lipinski definition) is 4. The molecule has 0 aromatic heterocycles. The summed E-state index contributed by atoms with van der Waals surface area (Å²) >= 11 is 0. The Hall–Kier alpha value is -1.51. The van der Waals surface area contributed by atoms with Crippen molar-refractivity contribution in [2.45, 2.75) is 24.7 Å². The molecule has 0 amide bonds. The van der Waals surface area contributed by atoms with Gasteiger partial charge in [0.05, 0.1) is 10.5 Å². The number of aromatic carboxylic acids is 1. The average molecular weight is 319 g/mol. The first-order valence-electron chi connectivity index (χ1n) is 6.45. The van der Waals surface area contributed by atoms with Gasteiger partial charge in [-0.2, -0.15) is 0 Å². The summed E-state index contributed by atoms with van der Waals surface area (Å²) in [5, 5.41) is 17.7. The van der Waals surface area contributed by atoms with Crippen molar-refractivity contribution in [2.75, 3.05) is 13.2 Å². The van der Waals surface area contributed by atoms with Crippen molar-refractivity contribution in [1.82, 2.24) is 4.72 Å². The molecular formula is C13H18FNO5S. The van der Waals surface area contributed by atoms with E-state index < -0.39 is 27.4 Å². The molecule has 0 aliphatic heterocycles. The lowest BCUT2D eigenvalue weighted by Crippen LogP contribution is -2.30. The zero-order valence-electron chi connectivity index (χ0n) is 11.5. The molecule has 0 heterocycles. The number of carboxylic acids is 1. The van der Waals surface area contributed by atoms with Crippen molar-refractivity contribution in [3.05, 3.63) is 29.6 Å². The van der Waals surface area contributed by atoms with Crippen LogP contribution in [0.3, 0.4) is 0 Å². The first-order chi connectivity index (χ1) is 9.81. The molecule has 0 bridgehead atoms. The predicted octanol–water partition coefficient (Wildman–Crippen LogP) is 1.21. The van der Waals surface area contributed by atoms with Crippen molar-refractivity contribution in [3.63, 3.8) is 0 Å². The van der Waals surface area contributed by atoms with Crippen molar-refractivity contribution >= 4 is 16.0 Å². The van der Waals surface area contributed by atoms with Gasteiger partial charge in [0.2, 0.25) is 10.0 Å². The smallest absolute Gasteiger partial charge is 0.338 e. The lowest BCUT2D eigenvalue weighted by atomic mass is 10.0. The van der Waals surface area contributed by atoms with E-state index in [0.29, 0.717) is 12.8 Å². The summed E-state index contributed by atoms with van der Waals surface area (Å²) in [7, 11) is -3.92. The van der Waals surface area contributed by atoms with Crippen molar-refractivity contribution < 1.29 is 27.8 Å². The maximum Gasteiger partial charge on any atom is 0.338 e. The van der Waals surface area contributed by atoms with Gasteiger partial charge in [0, 0.05) is 13.2 Å². The van der Waals surface area contributed by atoms with Crippen LogP contribution in [0.1, 0.15) is 30.1 Å². The van der Waals surface area contributed by atoms with Gasteiger partial charge in [-0.25, -0.2) is 22.3 Å². The fraction of sp³-hybridized carbons (Fsp3) is 0.462. The second kappa shape index (κ2) is 7.48. The Morgan fingerprint density at radius 1 is 1.43 bits per heavy atom. The molecule has 1 aromatic rings. The Balaban J connectivity index is 2.93. The SMILES string of the molecule is CCC(CCO)CNS(=O)(=O)c1ccc(F)c(C(=O)O)c1. The molecule has 0 aliphatic carbocycles. The Bertz CT molecular complexity index is 603. The van der Waals surface area contributed by atoms with E-state index in [1.165, 1.54) is 0 Å². The third-order valence-corrected chi connectivity index (χ3v) is 4.58. The minimum absolute atomic E-state index is 0.0239. The number of rotatable bonds is 8. The molecule has 118 valence electrons. The molecule has 21 heavy (non-hydrogen) atoms. The largest absolute Gasteiger partial charge is 0.478 e. The van der Waals surface area contributed by atoms with Gasteiger partial charge in [-0.15, -0.1) is 0 Å². The van der Waals surface area contributed by atoms with Crippen molar-refractivity contribution in [3.8, 4) is 0 Å². The summed E-state index contributed by atoms with van der Waals surface area (Å²) in [6.45, 7) is 1.95. The Labute approximate surface area is 122 Å². The molecule has 1 atom stereocenters. The van der Waals surface area contributed by atoms with Gasteiger partial charge >= 0.3 is 5.97 Å². The topological polar surface area (TPSA) is 104 Å². The van der Waals surface area contributed by atoms with E-state index in [1.807, 2.05) is 6.92 Å². The van der Waals surface area contributed by atoms with E-state index in [9.17, 15) is 17.6 Å². The van der Waals surface area contributed by atoms with Gasteiger partial charge in [0.1, 0.15) is 5.82 Å². The molecular weight excluding hydrogens is 301 g/mol. The van der Waals surface area contributed by atoms with E-state index in [4.69, 9.17) is 10.2 Å². The maximum atomic E-state index is 13.3. The summed E-state index contributed by atoms with van der Waals surface area (Å²) in [5.41, 5.74) is -0.694. The van der Waals surface area contributed by atoms with E-state index in [-0.39, 0.29) is 24.0 Å². The number of hydrogen-bond donors (Lipinski definition) is 3. The molecule has 0 saturated heterocycles. The molecule has 0 aliphatic rings. The normalized spacial score (nSPS) is 13.1. The summed E-state index contributed by atoms with van der Waals surface area (Å²) in [4.78, 5) is 10.5. The zero-order chi connectivity index (χ0) is 16.0. The van der Waals surface area contributed by atoms with Crippen LogP contribution in [0.25, 0.3) is 0 Å². The molecule has 1 aromatic carbocycles. The lowest BCUT2D eigenvalue weighted by molar-refractivity contribution is 0.0691. The van der Waals surface area contributed by atoms with Crippen LogP contribution in [0.2, 0.25) is 0 Å². The monoisotopic (exact) mass is 319 g/mol. The number of carbonyl (C=O) groups is 1. The van der Waals surface area contributed by atoms with E-state index >= 15 is 0 Å². The number of sulfonamides is 1. The van der Waals surface area contributed by atoms with Crippen LogP contribution in [0, 0.1) is 11.7 Å². The molecule has 8 heteroatoms. The first-order valence-corrected chi connectivity index (χ1v) is 7.93. The van der Waals surface area contributed by atoms with E-state index in [0.717, 1.165) is 18.2 Å². The molecule has 0 spiro atoms. The maximum absolute atomic E-state index is 13.3. The van der Waals surface area contributed by atoms with Crippen LogP contribution in [0.4, 0.5) is 4.39 Å². The van der Waals surface area contributed by atoms with Gasteiger partial charge in [-0.05, 0) is 30.5 Å². The highest BCUT2D eigenvalue weighted by Crippen LogP contribution is 2.16. The standard InChI is InChI=1S/C13H18FNO5S/c1-2-9(5-6-16)8-15-21(19,20)10-3-4-12(14)11(7-10)13(17)18/h3-4,7,9,15-16H,2,5-6,8H2,1H3,(H,17,18). The number of carboxylic acid groups (broad SMARTS) is 1. The van der Waals surface area contributed by atoms with Crippen LogP contribution >= 0.6 is 0 Å². The zero-order valence-corrected chi connectivity index (χ0v) is 12.4. The van der Waals surface area contributed by atoms with E-state index in [1.54, 1.807) is 0 Å². The summed E-state index contributed by atoms with van der Waals surface area (Å²) < 4.78 is 39.7. The predicted molar refractivity (Wildman–Crippen MR) is 74.0 cm³/mol. The minimum Gasteiger partial charge on any atom is -0.478 e. The number of halogens is 1. The highest BCUT2D eigenvalue weighted by molar-refractivity contribution is 7.89. The summed E-state index contributed by atoms with van der Waals surface area (Å²) in [6.07, 6.45) is 1.15. The lowest BCUT2D eigenvalue weighted by Gasteiger charge is -2.14. The highest BCUT2D eigenvalue weighted by atomic mass is 32.2. The van der Waals surface area contributed by atoms with Gasteiger partial charge in [0.25, 0.3) is 0 Å². The Kier molecular flexibility index (Phi) is 6.25. The first kappa shape index (κ1) is 17.5. The van der Waals surface area contributed by atoms with Gasteiger partial charge in [-0.1, -0.05) is 13.3 Å². The number of aliphatic hydroxyl groups excluding tert-OH is 1. The molecule has 0 fully saturated rings. The van der Waals surface area contributed by atoms with Crippen molar-refractivity contribution in [1.29, 1.82) is 0 Å². The molecule has 0 saturated carbocycles. The van der Waals surface area contributed by atoms with Gasteiger partial charge in [-0.3, -0.25) is 0 Å². The van der Waals surface area contributed by atoms with Gasteiger partial charge in [0.15, 0.2) is 0 Å². The quantitative estimate of drug-likeness (QED) is 0.668. The molecule has 0 radical (unpaired) electrons. The van der Waals surface area contributed by atoms with Crippen LogP contribution in [-0.2, 0) is 10.0 Å². The van der Waals surface area contributed by atoms with Crippen LogP contribution < -0.4 is 4.72 Å². The fourth-order valence-electron chi connectivity index (χ4n) is 1.78. The number of benzene rings is 1. The Morgan fingerprint density at radius 3 is 2.62 bits per heavy atom. The fourth-order valence-corrected chi connectivity index (χ4v) is 2.92. The number of nitrogens with one attached hydrogen (secondary N) is 1. The van der Waals surface area contributed by atoms with Crippen molar-refractivity contribution in [2.24, 2.45) is 5.92 Å². The van der Waals surface area contributed by atoms with E-state index in [2.05, 4.69) is 4.72 Å². The average Bonchev–Trinajstić information content (AvgIpc) is 2.43. The minimum atomic E-state index is -3.92. The molecule has 1 unspecified atom stereocenters. The van der Waals surface area contributed by atoms with Gasteiger partial charge < -0.3 is 10.2 Å².